The molecular formula is C37H22N2O3. The van der Waals surface area contributed by atoms with Crippen LogP contribution < -0.4 is 5.69 Å². The number of aromatic nitrogens is 2. The molecule has 0 aliphatic carbocycles. The molecule has 0 radical (unpaired) electrons. The molecule has 9 rings (SSSR count). The standard InChI is InChI=1S/C37H22N2O3/c40-37-38(24-11-3-1-4-12-24)30-20-19-23(21-31(30)39(37)25-13-5-2-6-14-25)34-35-28(26-15-7-9-17-32(26)41-35)22-29-27-16-8-10-18-33(27)42-36(29)34/h1-22H. The van der Waals surface area contributed by atoms with E-state index in [4.69, 9.17) is 8.83 Å². The topological polar surface area (TPSA) is 53.2 Å². The second kappa shape index (κ2) is 8.59. The Kier molecular flexibility index (Phi) is 4.70. The van der Waals surface area contributed by atoms with E-state index in [0.717, 1.165) is 77.4 Å². The van der Waals surface area contributed by atoms with Gasteiger partial charge in [-0.3, -0.25) is 9.13 Å². The van der Waals surface area contributed by atoms with Gasteiger partial charge in [-0.15, -0.1) is 0 Å². The summed E-state index contributed by atoms with van der Waals surface area (Å²) in [5, 5.41) is 4.17. The molecule has 0 amide bonds. The van der Waals surface area contributed by atoms with Gasteiger partial charge in [-0.25, -0.2) is 4.79 Å². The Bertz CT molecular complexity index is 2440. The van der Waals surface area contributed by atoms with E-state index in [1.165, 1.54) is 0 Å². The van der Waals surface area contributed by atoms with Crippen LogP contribution in [0.4, 0.5) is 0 Å². The van der Waals surface area contributed by atoms with Gasteiger partial charge in [0.25, 0.3) is 0 Å². The summed E-state index contributed by atoms with van der Waals surface area (Å²) in [6, 6.07) is 44.1. The van der Waals surface area contributed by atoms with Crippen molar-refractivity contribution in [1.82, 2.24) is 9.13 Å². The molecule has 3 aromatic heterocycles. The SMILES string of the molecule is O=c1n(-c2ccccc2)c2ccc(-c3c4oc5ccccc5c4cc4c3oc3ccccc34)cc2n1-c1ccccc1. The van der Waals surface area contributed by atoms with Crippen LogP contribution in [-0.2, 0) is 0 Å². The lowest BCUT2D eigenvalue weighted by Gasteiger charge is -2.08. The van der Waals surface area contributed by atoms with Crippen molar-refractivity contribution in [3.05, 3.63) is 144 Å². The van der Waals surface area contributed by atoms with Crippen LogP contribution in [0.1, 0.15) is 0 Å². The normalized spacial score (nSPS) is 11.9. The Morgan fingerprint density at radius 2 is 0.952 bits per heavy atom. The first kappa shape index (κ1) is 22.9. The molecule has 0 bridgehead atoms. The number of nitrogens with zero attached hydrogens (tertiary/aromatic N) is 2. The van der Waals surface area contributed by atoms with Crippen LogP contribution in [0.2, 0.25) is 0 Å². The number of furan rings is 2. The lowest BCUT2D eigenvalue weighted by atomic mass is 9.98. The van der Waals surface area contributed by atoms with Gasteiger partial charge in [0.2, 0.25) is 0 Å². The van der Waals surface area contributed by atoms with Crippen molar-refractivity contribution in [2.24, 2.45) is 0 Å². The third-order valence-corrected chi connectivity index (χ3v) is 8.17. The van der Waals surface area contributed by atoms with Gasteiger partial charge in [-0.2, -0.15) is 0 Å². The van der Waals surface area contributed by atoms with Crippen molar-refractivity contribution in [3.63, 3.8) is 0 Å². The number of para-hydroxylation sites is 4. The molecule has 0 saturated heterocycles. The van der Waals surface area contributed by atoms with Crippen molar-refractivity contribution in [3.8, 4) is 22.5 Å². The highest BCUT2D eigenvalue weighted by Crippen LogP contribution is 2.44. The summed E-state index contributed by atoms with van der Waals surface area (Å²) in [4.78, 5) is 14.1. The van der Waals surface area contributed by atoms with Gasteiger partial charge < -0.3 is 8.83 Å². The molecule has 0 N–H and O–H groups in total. The third kappa shape index (κ3) is 3.16. The number of hydrogen-bond acceptors (Lipinski definition) is 3. The number of benzene rings is 6. The monoisotopic (exact) mass is 542 g/mol. The van der Waals surface area contributed by atoms with Gasteiger partial charge in [-0.1, -0.05) is 78.9 Å². The van der Waals surface area contributed by atoms with Crippen molar-refractivity contribution in [1.29, 1.82) is 0 Å². The maximum atomic E-state index is 14.1. The molecule has 0 saturated carbocycles. The van der Waals surface area contributed by atoms with Crippen LogP contribution in [-0.4, -0.2) is 9.13 Å². The third-order valence-electron chi connectivity index (χ3n) is 8.17. The highest BCUT2D eigenvalue weighted by molar-refractivity contribution is 6.22. The van der Waals surface area contributed by atoms with Gasteiger partial charge in [0, 0.05) is 21.5 Å². The average molecular weight is 543 g/mol. The summed E-state index contributed by atoms with van der Waals surface area (Å²) in [7, 11) is 0. The van der Waals surface area contributed by atoms with Crippen molar-refractivity contribution < 1.29 is 8.83 Å². The van der Waals surface area contributed by atoms with E-state index in [1.807, 2.05) is 103 Å². The van der Waals surface area contributed by atoms with Crippen LogP contribution in [0.25, 0.3) is 77.4 Å². The smallest absolute Gasteiger partial charge is 0.338 e. The fraction of sp³-hybridized carbons (Fsp3) is 0. The van der Waals surface area contributed by atoms with Crippen LogP contribution >= 0.6 is 0 Å². The Morgan fingerprint density at radius 3 is 1.52 bits per heavy atom. The first-order chi connectivity index (χ1) is 20.8. The molecule has 5 nitrogen and oxygen atoms in total. The zero-order valence-corrected chi connectivity index (χ0v) is 22.3. The van der Waals surface area contributed by atoms with E-state index in [9.17, 15) is 4.79 Å². The number of hydrogen-bond donors (Lipinski definition) is 0. The van der Waals surface area contributed by atoms with Crippen molar-refractivity contribution >= 4 is 54.9 Å². The molecule has 0 unspecified atom stereocenters. The highest BCUT2D eigenvalue weighted by atomic mass is 16.3. The second-order valence-corrected chi connectivity index (χ2v) is 10.5. The minimum atomic E-state index is -0.129. The maximum Gasteiger partial charge on any atom is 0.338 e. The molecule has 0 aliphatic heterocycles. The molecule has 198 valence electrons. The first-order valence-corrected chi connectivity index (χ1v) is 13.9. The van der Waals surface area contributed by atoms with Crippen molar-refractivity contribution in [2.45, 2.75) is 0 Å². The van der Waals surface area contributed by atoms with Crippen molar-refractivity contribution in [2.75, 3.05) is 0 Å². The van der Waals surface area contributed by atoms with Crippen LogP contribution in [0.15, 0.2) is 147 Å². The molecule has 5 heteroatoms. The minimum Gasteiger partial charge on any atom is -0.455 e. The Labute approximate surface area is 239 Å². The number of rotatable bonds is 3. The second-order valence-electron chi connectivity index (χ2n) is 10.5. The molecule has 0 aliphatic rings. The summed E-state index contributed by atoms with van der Waals surface area (Å²) in [5.74, 6) is 0. The van der Waals surface area contributed by atoms with Crippen LogP contribution in [0, 0.1) is 0 Å². The molecule has 0 atom stereocenters. The van der Waals surface area contributed by atoms with E-state index in [0.29, 0.717) is 0 Å². The van der Waals surface area contributed by atoms with E-state index in [1.54, 1.807) is 9.13 Å². The van der Waals surface area contributed by atoms with E-state index in [2.05, 4.69) is 30.3 Å². The fourth-order valence-corrected chi connectivity index (χ4v) is 6.30. The molecule has 9 aromatic rings. The predicted octanol–water partition coefficient (Wildman–Crippen LogP) is 9.25. The van der Waals surface area contributed by atoms with Gasteiger partial charge in [0.05, 0.1) is 28.0 Å². The summed E-state index contributed by atoms with van der Waals surface area (Å²) < 4.78 is 16.6. The molecule has 6 aromatic carbocycles. The summed E-state index contributed by atoms with van der Waals surface area (Å²) >= 11 is 0. The molecule has 0 spiro atoms. The number of imidazole rings is 1. The van der Waals surface area contributed by atoms with Crippen LogP contribution in [0.3, 0.4) is 0 Å². The minimum absolute atomic E-state index is 0.129. The van der Waals surface area contributed by atoms with E-state index in [-0.39, 0.29) is 5.69 Å². The average Bonchev–Trinajstić information content (AvgIpc) is 3.69. The number of fused-ring (bicyclic) bond motifs is 7. The predicted molar refractivity (Wildman–Crippen MR) is 169 cm³/mol. The Balaban J connectivity index is 1.43. The summed E-state index contributed by atoms with van der Waals surface area (Å²) in [6.07, 6.45) is 0. The lowest BCUT2D eigenvalue weighted by Crippen LogP contribution is -2.21. The zero-order valence-electron chi connectivity index (χ0n) is 22.3. The molecule has 3 heterocycles. The quantitative estimate of drug-likeness (QED) is 0.224. The van der Waals surface area contributed by atoms with E-state index >= 15 is 0 Å². The largest absolute Gasteiger partial charge is 0.455 e. The van der Waals surface area contributed by atoms with Gasteiger partial charge >= 0.3 is 5.69 Å². The highest BCUT2D eigenvalue weighted by Gasteiger charge is 2.23. The lowest BCUT2D eigenvalue weighted by molar-refractivity contribution is 0.658. The van der Waals surface area contributed by atoms with E-state index < -0.39 is 0 Å². The van der Waals surface area contributed by atoms with Crippen LogP contribution in [0.5, 0.6) is 0 Å². The van der Waals surface area contributed by atoms with Gasteiger partial charge in [-0.05, 0) is 60.2 Å². The summed E-state index contributed by atoms with van der Waals surface area (Å²) in [5.41, 5.74) is 8.05. The molecule has 42 heavy (non-hydrogen) atoms. The van der Waals surface area contributed by atoms with Gasteiger partial charge in [0.1, 0.15) is 22.3 Å². The zero-order chi connectivity index (χ0) is 27.8. The summed E-state index contributed by atoms with van der Waals surface area (Å²) in [6.45, 7) is 0. The fourth-order valence-electron chi connectivity index (χ4n) is 6.30. The molecule has 0 fully saturated rings. The molecular weight excluding hydrogens is 520 g/mol. The Morgan fingerprint density at radius 1 is 0.452 bits per heavy atom. The maximum absolute atomic E-state index is 14.1. The van der Waals surface area contributed by atoms with Gasteiger partial charge in [0.15, 0.2) is 0 Å². The Hall–Kier alpha value is -5.81. The first-order valence-electron chi connectivity index (χ1n) is 13.9.